The second-order valence-corrected chi connectivity index (χ2v) is 9.21. The van der Waals surface area contributed by atoms with Gasteiger partial charge in [0, 0.05) is 12.1 Å². The van der Waals surface area contributed by atoms with Crippen molar-refractivity contribution in [2.75, 3.05) is 0 Å². The van der Waals surface area contributed by atoms with Crippen LogP contribution >= 0.6 is 0 Å². The first-order chi connectivity index (χ1) is 14.8. The molecule has 5 rings (SSSR count). The van der Waals surface area contributed by atoms with Crippen molar-refractivity contribution < 1.29 is 9.31 Å². The molecule has 0 saturated carbocycles. The average molecular weight is 410 g/mol. The van der Waals surface area contributed by atoms with Gasteiger partial charge in [0.15, 0.2) is 0 Å². The molecule has 0 radical (unpaired) electrons. The standard InChI is InChI=1S/C26H27BN2O2/c1-25(2)26(3,4)31-27(30-25)21-15-16-23-22(17-21)28-24(20-13-9-6-10-14-20)29(23)18-19-11-7-5-8-12-19/h5-17H,18H2,1-4H3. The number of aromatic nitrogens is 2. The molecule has 1 saturated heterocycles. The lowest BCUT2D eigenvalue weighted by Gasteiger charge is -2.32. The Bertz CT molecular complexity index is 1200. The highest BCUT2D eigenvalue weighted by atomic mass is 16.7. The molecule has 2 heterocycles. The van der Waals surface area contributed by atoms with E-state index in [9.17, 15) is 0 Å². The number of hydrogen-bond acceptors (Lipinski definition) is 3. The maximum absolute atomic E-state index is 6.26. The van der Waals surface area contributed by atoms with Crippen LogP contribution in [0.3, 0.4) is 0 Å². The molecule has 0 spiro atoms. The van der Waals surface area contributed by atoms with Crippen LogP contribution in [0.5, 0.6) is 0 Å². The van der Waals surface area contributed by atoms with Gasteiger partial charge in [0.25, 0.3) is 0 Å². The first-order valence-electron chi connectivity index (χ1n) is 10.8. The summed E-state index contributed by atoms with van der Waals surface area (Å²) in [4.78, 5) is 5.04. The van der Waals surface area contributed by atoms with Gasteiger partial charge >= 0.3 is 7.12 Å². The van der Waals surface area contributed by atoms with Crippen molar-refractivity contribution in [2.24, 2.45) is 0 Å². The molecule has 0 atom stereocenters. The van der Waals surface area contributed by atoms with E-state index in [1.165, 1.54) is 5.56 Å². The van der Waals surface area contributed by atoms with Gasteiger partial charge in [-0.15, -0.1) is 0 Å². The maximum atomic E-state index is 6.26. The molecule has 4 aromatic rings. The summed E-state index contributed by atoms with van der Waals surface area (Å²) < 4.78 is 14.8. The van der Waals surface area contributed by atoms with Crippen molar-refractivity contribution in [2.45, 2.75) is 45.4 Å². The number of imidazole rings is 1. The van der Waals surface area contributed by atoms with Crippen LogP contribution in [0.1, 0.15) is 33.3 Å². The van der Waals surface area contributed by atoms with Crippen molar-refractivity contribution in [3.05, 3.63) is 84.4 Å². The number of benzene rings is 3. The van der Waals surface area contributed by atoms with Gasteiger partial charge in [0.1, 0.15) is 5.82 Å². The van der Waals surface area contributed by atoms with Crippen LogP contribution in [0.4, 0.5) is 0 Å². The second kappa shape index (κ2) is 7.36. The quantitative estimate of drug-likeness (QED) is 0.442. The number of hydrogen-bond donors (Lipinski definition) is 0. The van der Waals surface area contributed by atoms with Crippen LogP contribution in [0, 0.1) is 0 Å². The fourth-order valence-electron chi connectivity index (χ4n) is 4.01. The SMILES string of the molecule is CC1(C)OB(c2ccc3c(c2)nc(-c2ccccc2)n3Cc2ccccc2)OC1(C)C. The molecule has 3 aromatic carbocycles. The minimum Gasteiger partial charge on any atom is -0.399 e. The van der Waals surface area contributed by atoms with E-state index in [2.05, 4.69) is 99.0 Å². The van der Waals surface area contributed by atoms with E-state index in [-0.39, 0.29) is 11.2 Å². The van der Waals surface area contributed by atoms with Crippen molar-refractivity contribution >= 4 is 23.6 Å². The predicted molar refractivity (Wildman–Crippen MR) is 126 cm³/mol. The highest BCUT2D eigenvalue weighted by Gasteiger charge is 2.51. The Morgan fingerprint density at radius 2 is 1.42 bits per heavy atom. The third-order valence-electron chi connectivity index (χ3n) is 6.51. The molecule has 1 fully saturated rings. The Morgan fingerprint density at radius 1 is 0.806 bits per heavy atom. The lowest BCUT2D eigenvalue weighted by Crippen LogP contribution is -2.41. The first kappa shape index (κ1) is 20.0. The third-order valence-corrected chi connectivity index (χ3v) is 6.51. The molecule has 0 aliphatic carbocycles. The molecule has 0 N–H and O–H groups in total. The Hall–Kier alpha value is -2.89. The van der Waals surface area contributed by atoms with E-state index in [4.69, 9.17) is 14.3 Å². The van der Waals surface area contributed by atoms with E-state index in [1.807, 2.05) is 12.1 Å². The Morgan fingerprint density at radius 3 is 2.06 bits per heavy atom. The zero-order chi connectivity index (χ0) is 21.6. The van der Waals surface area contributed by atoms with Gasteiger partial charge in [-0.1, -0.05) is 66.7 Å². The normalized spacial score (nSPS) is 17.4. The fraction of sp³-hybridized carbons (Fsp3) is 0.269. The van der Waals surface area contributed by atoms with Gasteiger partial charge in [-0.05, 0) is 50.9 Å². The largest absolute Gasteiger partial charge is 0.494 e. The summed E-state index contributed by atoms with van der Waals surface area (Å²) in [7, 11) is -0.395. The smallest absolute Gasteiger partial charge is 0.399 e. The molecule has 0 bridgehead atoms. The van der Waals surface area contributed by atoms with Gasteiger partial charge in [-0.3, -0.25) is 0 Å². The average Bonchev–Trinajstić information content (AvgIpc) is 3.22. The Kier molecular flexibility index (Phi) is 4.76. The van der Waals surface area contributed by atoms with Crippen molar-refractivity contribution in [3.8, 4) is 11.4 Å². The monoisotopic (exact) mass is 410 g/mol. The van der Waals surface area contributed by atoms with Gasteiger partial charge in [-0.25, -0.2) is 4.98 Å². The van der Waals surface area contributed by atoms with E-state index in [0.29, 0.717) is 0 Å². The summed E-state index contributed by atoms with van der Waals surface area (Å²) in [5, 5.41) is 0. The van der Waals surface area contributed by atoms with E-state index in [0.717, 1.165) is 34.4 Å². The van der Waals surface area contributed by atoms with E-state index in [1.54, 1.807) is 0 Å². The van der Waals surface area contributed by atoms with Crippen LogP contribution in [-0.2, 0) is 15.9 Å². The third kappa shape index (κ3) is 3.58. The number of nitrogens with zero attached hydrogens (tertiary/aromatic N) is 2. The van der Waals surface area contributed by atoms with Gasteiger partial charge in [0.05, 0.1) is 22.2 Å². The molecule has 4 nitrogen and oxygen atoms in total. The fourth-order valence-corrected chi connectivity index (χ4v) is 4.01. The van der Waals surface area contributed by atoms with Crippen LogP contribution in [0.2, 0.25) is 0 Å². The van der Waals surface area contributed by atoms with Crippen molar-refractivity contribution in [1.29, 1.82) is 0 Å². The molecule has 0 unspecified atom stereocenters. The van der Waals surface area contributed by atoms with E-state index < -0.39 is 7.12 Å². The number of fused-ring (bicyclic) bond motifs is 1. The Labute approximate surface area is 184 Å². The molecule has 1 aromatic heterocycles. The molecule has 5 heteroatoms. The molecular weight excluding hydrogens is 383 g/mol. The van der Waals surface area contributed by atoms with Crippen molar-refractivity contribution in [3.63, 3.8) is 0 Å². The molecule has 0 amide bonds. The van der Waals surface area contributed by atoms with E-state index >= 15 is 0 Å². The zero-order valence-electron chi connectivity index (χ0n) is 18.5. The Balaban J connectivity index is 1.60. The van der Waals surface area contributed by atoms with Crippen LogP contribution in [0.15, 0.2) is 78.9 Å². The molecular formula is C26H27BN2O2. The summed E-state index contributed by atoms with van der Waals surface area (Å²) in [6.07, 6.45) is 0. The minimum atomic E-state index is -0.395. The van der Waals surface area contributed by atoms with Gasteiger partial charge in [0.2, 0.25) is 0 Å². The minimum absolute atomic E-state index is 0.367. The molecule has 1 aliphatic heterocycles. The van der Waals surface area contributed by atoms with Crippen LogP contribution in [-0.4, -0.2) is 27.9 Å². The summed E-state index contributed by atoms with van der Waals surface area (Å²) in [5.41, 5.74) is 4.66. The molecule has 31 heavy (non-hydrogen) atoms. The van der Waals surface area contributed by atoms with Gasteiger partial charge in [-0.2, -0.15) is 0 Å². The second-order valence-electron chi connectivity index (χ2n) is 9.21. The lowest BCUT2D eigenvalue weighted by molar-refractivity contribution is 0.00578. The first-order valence-corrected chi connectivity index (χ1v) is 10.8. The summed E-state index contributed by atoms with van der Waals surface area (Å²) in [6, 6.07) is 27.2. The predicted octanol–water partition coefficient (Wildman–Crippen LogP) is 5.05. The van der Waals surface area contributed by atoms with Crippen LogP contribution in [0.25, 0.3) is 22.4 Å². The summed E-state index contributed by atoms with van der Waals surface area (Å²) >= 11 is 0. The van der Waals surface area contributed by atoms with Crippen LogP contribution < -0.4 is 5.46 Å². The highest BCUT2D eigenvalue weighted by Crippen LogP contribution is 2.36. The molecule has 156 valence electrons. The van der Waals surface area contributed by atoms with Crippen molar-refractivity contribution in [1.82, 2.24) is 9.55 Å². The highest BCUT2D eigenvalue weighted by molar-refractivity contribution is 6.62. The van der Waals surface area contributed by atoms with Gasteiger partial charge < -0.3 is 13.9 Å². The lowest BCUT2D eigenvalue weighted by atomic mass is 9.79. The zero-order valence-corrected chi connectivity index (χ0v) is 18.5. The topological polar surface area (TPSA) is 36.3 Å². The molecule has 1 aliphatic rings. The summed E-state index contributed by atoms with van der Waals surface area (Å²) in [6.45, 7) is 9.07. The number of rotatable bonds is 4. The summed E-state index contributed by atoms with van der Waals surface area (Å²) in [5.74, 6) is 0.963. The maximum Gasteiger partial charge on any atom is 0.494 e.